The maximum absolute atomic E-state index is 13.3. The minimum Gasteiger partial charge on any atom is -0.289 e. The number of ketones is 1. The Morgan fingerprint density at radius 1 is 0.917 bits per heavy atom. The van der Waals surface area contributed by atoms with Gasteiger partial charge in [0.1, 0.15) is 5.82 Å². The molecule has 0 amide bonds. The molecule has 0 unspecified atom stereocenters. The Kier molecular flexibility index (Phi) is 5.11. The minimum atomic E-state index is -0.292. The van der Waals surface area contributed by atoms with Gasteiger partial charge in [-0.25, -0.2) is 4.39 Å². The molecule has 0 saturated carbocycles. The first-order valence-corrected chi connectivity index (χ1v) is 8.70. The molecule has 0 N–H and O–H groups in total. The van der Waals surface area contributed by atoms with Crippen molar-refractivity contribution in [2.24, 2.45) is 0 Å². The third-order valence-electron chi connectivity index (χ3n) is 3.78. The van der Waals surface area contributed by atoms with Crippen molar-refractivity contribution >= 4 is 17.5 Å². The first kappa shape index (κ1) is 16.5. The lowest BCUT2D eigenvalue weighted by Crippen LogP contribution is -2.02. The summed E-state index contributed by atoms with van der Waals surface area (Å²) in [6.07, 6.45) is 0. The number of carbonyl (C=O) groups is 1. The molecule has 0 aliphatic heterocycles. The Morgan fingerprint density at radius 3 is 2.25 bits per heavy atom. The van der Waals surface area contributed by atoms with Gasteiger partial charge in [0.15, 0.2) is 5.78 Å². The van der Waals surface area contributed by atoms with E-state index in [1.165, 1.54) is 17.7 Å². The van der Waals surface area contributed by atoms with E-state index in [9.17, 15) is 9.18 Å². The predicted octanol–water partition coefficient (Wildman–Crippen LogP) is 5.66. The van der Waals surface area contributed by atoms with Crippen LogP contribution in [0.25, 0.3) is 0 Å². The molecule has 0 saturated heterocycles. The zero-order valence-electron chi connectivity index (χ0n) is 13.3. The molecule has 3 rings (SSSR count). The summed E-state index contributed by atoms with van der Waals surface area (Å²) >= 11 is 1.73. The quantitative estimate of drug-likeness (QED) is 0.442. The van der Waals surface area contributed by atoms with Gasteiger partial charge in [-0.2, -0.15) is 0 Å². The van der Waals surface area contributed by atoms with Crippen molar-refractivity contribution in [1.29, 1.82) is 0 Å². The highest BCUT2D eigenvalue weighted by Gasteiger charge is 2.10. The summed E-state index contributed by atoms with van der Waals surface area (Å²) in [4.78, 5) is 13.6. The summed E-state index contributed by atoms with van der Waals surface area (Å²) < 4.78 is 13.3. The van der Waals surface area contributed by atoms with Crippen LogP contribution in [0.1, 0.15) is 27.0 Å². The minimum absolute atomic E-state index is 0.0855. The molecule has 3 aromatic rings. The fourth-order valence-electron chi connectivity index (χ4n) is 2.40. The van der Waals surface area contributed by atoms with Gasteiger partial charge < -0.3 is 0 Å². The van der Waals surface area contributed by atoms with Crippen LogP contribution in [-0.4, -0.2) is 5.78 Å². The number of hydrogen-bond acceptors (Lipinski definition) is 2. The molecule has 0 fully saturated rings. The predicted molar refractivity (Wildman–Crippen MR) is 97.0 cm³/mol. The van der Waals surface area contributed by atoms with Crippen LogP contribution in [0.4, 0.5) is 4.39 Å². The molecule has 0 atom stereocenters. The van der Waals surface area contributed by atoms with Crippen molar-refractivity contribution in [2.75, 3.05) is 0 Å². The van der Waals surface area contributed by atoms with E-state index < -0.39 is 0 Å². The van der Waals surface area contributed by atoms with E-state index in [1.54, 1.807) is 24.8 Å². The monoisotopic (exact) mass is 336 g/mol. The molecular formula is C21H17FOS. The average Bonchev–Trinajstić information content (AvgIpc) is 2.63. The van der Waals surface area contributed by atoms with Gasteiger partial charge in [0, 0.05) is 21.8 Å². The topological polar surface area (TPSA) is 17.1 Å². The second-order valence-electron chi connectivity index (χ2n) is 5.59. The van der Waals surface area contributed by atoms with Crippen LogP contribution in [0.15, 0.2) is 77.7 Å². The van der Waals surface area contributed by atoms with Crippen LogP contribution < -0.4 is 0 Å². The van der Waals surface area contributed by atoms with Crippen LogP contribution in [0, 0.1) is 12.7 Å². The van der Waals surface area contributed by atoms with Crippen molar-refractivity contribution < 1.29 is 9.18 Å². The van der Waals surface area contributed by atoms with Gasteiger partial charge in [-0.3, -0.25) is 4.79 Å². The van der Waals surface area contributed by atoms with Gasteiger partial charge in [-0.05, 0) is 60.5 Å². The van der Waals surface area contributed by atoms with Crippen molar-refractivity contribution in [3.05, 3.63) is 101 Å². The molecular weight excluding hydrogens is 319 g/mol. The smallest absolute Gasteiger partial charge is 0.193 e. The Labute approximate surface area is 145 Å². The SMILES string of the molecule is Cc1cc(C(=O)c2ccc(SCc3ccccc3)cc2)ccc1F. The van der Waals surface area contributed by atoms with E-state index in [1.807, 2.05) is 42.5 Å². The normalized spacial score (nSPS) is 10.6. The van der Waals surface area contributed by atoms with Gasteiger partial charge in [-0.15, -0.1) is 11.8 Å². The van der Waals surface area contributed by atoms with E-state index in [-0.39, 0.29) is 11.6 Å². The van der Waals surface area contributed by atoms with Gasteiger partial charge in [0.2, 0.25) is 0 Å². The van der Waals surface area contributed by atoms with E-state index in [0.29, 0.717) is 16.7 Å². The molecule has 0 aliphatic carbocycles. The number of benzene rings is 3. The van der Waals surface area contributed by atoms with Gasteiger partial charge in [-0.1, -0.05) is 30.3 Å². The van der Waals surface area contributed by atoms with E-state index in [4.69, 9.17) is 0 Å². The van der Waals surface area contributed by atoms with Crippen LogP contribution in [0.3, 0.4) is 0 Å². The lowest BCUT2D eigenvalue weighted by atomic mass is 10.0. The zero-order valence-corrected chi connectivity index (χ0v) is 14.1. The first-order chi connectivity index (χ1) is 11.6. The summed E-state index contributed by atoms with van der Waals surface area (Å²) in [5.74, 6) is 0.516. The lowest BCUT2D eigenvalue weighted by molar-refractivity contribution is 0.103. The van der Waals surface area contributed by atoms with Gasteiger partial charge in [0.05, 0.1) is 0 Å². The maximum atomic E-state index is 13.3. The second kappa shape index (κ2) is 7.45. The van der Waals surface area contributed by atoms with Crippen molar-refractivity contribution in [2.45, 2.75) is 17.6 Å². The second-order valence-corrected chi connectivity index (χ2v) is 6.64. The Morgan fingerprint density at radius 2 is 1.58 bits per heavy atom. The number of rotatable bonds is 5. The first-order valence-electron chi connectivity index (χ1n) is 7.71. The fourth-order valence-corrected chi connectivity index (χ4v) is 3.25. The highest BCUT2D eigenvalue weighted by molar-refractivity contribution is 7.98. The molecule has 0 spiro atoms. The standard InChI is InChI=1S/C21H17FOS/c1-15-13-18(9-12-20(15)22)21(23)17-7-10-19(11-8-17)24-14-16-5-3-2-4-6-16/h2-13H,14H2,1H3. The summed E-state index contributed by atoms with van der Waals surface area (Å²) in [6, 6.07) is 22.3. The number of halogens is 1. The lowest BCUT2D eigenvalue weighted by Gasteiger charge is -2.05. The number of aryl methyl sites for hydroxylation is 1. The average molecular weight is 336 g/mol. The van der Waals surface area contributed by atoms with Crippen molar-refractivity contribution in [1.82, 2.24) is 0 Å². The molecule has 0 aliphatic rings. The highest BCUT2D eigenvalue weighted by Crippen LogP contribution is 2.24. The summed E-state index contributed by atoms with van der Waals surface area (Å²) in [5.41, 5.74) is 2.88. The largest absolute Gasteiger partial charge is 0.289 e. The molecule has 0 radical (unpaired) electrons. The van der Waals surface area contributed by atoms with Gasteiger partial charge in [0.25, 0.3) is 0 Å². The highest BCUT2D eigenvalue weighted by atomic mass is 32.2. The van der Waals surface area contributed by atoms with Crippen molar-refractivity contribution in [3.8, 4) is 0 Å². The Hall–Kier alpha value is -2.39. The van der Waals surface area contributed by atoms with Crippen molar-refractivity contribution in [3.63, 3.8) is 0 Å². The molecule has 24 heavy (non-hydrogen) atoms. The molecule has 0 heterocycles. The molecule has 120 valence electrons. The maximum Gasteiger partial charge on any atom is 0.193 e. The summed E-state index contributed by atoms with van der Waals surface area (Å²) in [6.45, 7) is 1.66. The zero-order chi connectivity index (χ0) is 16.9. The Balaban J connectivity index is 1.69. The molecule has 3 heteroatoms. The Bertz CT molecular complexity index is 841. The third kappa shape index (κ3) is 3.92. The number of hydrogen-bond donors (Lipinski definition) is 0. The number of thioether (sulfide) groups is 1. The van der Waals surface area contributed by atoms with E-state index in [2.05, 4.69) is 12.1 Å². The third-order valence-corrected chi connectivity index (χ3v) is 4.87. The van der Waals surface area contributed by atoms with Gasteiger partial charge >= 0.3 is 0 Å². The summed E-state index contributed by atoms with van der Waals surface area (Å²) in [5, 5.41) is 0. The van der Waals surface area contributed by atoms with E-state index >= 15 is 0 Å². The summed E-state index contributed by atoms with van der Waals surface area (Å²) in [7, 11) is 0. The molecule has 0 aromatic heterocycles. The van der Waals surface area contributed by atoms with E-state index in [0.717, 1.165) is 10.6 Å². The molecule has 1 nitrogen and oxygen atoms in total. The van der Waals surface area contributed by atoms with Crippen LogP contribution in [0.2, 0.25) is 0 Å². The van der Waals surface area contributed by atoms with Crippen LogP contribution >= 0.6 is 11.8 Å². The van der Waals surface area contributed by atoms with Crippen LogP contribution in [-0.2, 0) is 5.75 Å². The molecule has 0 bridgehead atoms. The van der Waals surface area contributed by atoms with Crippen LogP contribution in [0.5, 0.6) is 0 Å². The fraction of sp³-hybridized carbons (Fsp3) is 0.0952. The molecule has 3 aromatic carbocycles. The number of carbonyl (C=O) groups excluding carboxylic acids is 1.